The number of aromatic nitrogens is 3. The maximum absolute atomic E-state index is 11.9. The number of amides is 1. The second-order valence-corrected chi connectivity index (χ2v) is 3.91. The summed E-state index contributed by atoms with van der Waals surface area (Å²) < 4.78 is 6.50. The first-order chi connectivity index (χ1) is 8.61. The molecule has 2 aromatic rings. The van der Waals surface area contributed by atoms with E-state index < -0.39 is 0 Å². The molecule has 18 heavy (non-hydrogen) atoms. The Kier molecular flexibility index (Phi) is 3.47. The third-order valence-electron chi connectivity index (χ3n) is 2.29. The van der Waals surface area contributed by atoms with Crippen molar-refractivity contribution in [3.05, 3.63) is 35.2 Å². The molecular formula is C11H11ClN4O2. The van der Waals surface area contributed by atoms with Crippen molar-refractivity contribution in [1.29, 1.82) is 0 Å². The first-order valence-corrected chi connectivity index (χ1v) is 5.48. The van der Waals surface area contributed by atoms with Gasteiger partial charge in [0.15, 0.2) is 5.69 Å². The molecule has 2 rings (SSSR count). The van der Waals surface area contributed by atoms with Gasteiger partial charge in [-0.3, -0.25) is 9.78 Å². The molecule has 0 spiro atoms. The van der Waals surface area contributed by atoms with Crippen LogP contribution in [0.15, 0.2) is 24.5 Å². The molecule has 1 amide bonds. The zero-order valence-corrected chi connectivity index (χ0v) is 10.6. The number of nitrogens with zero attached hydrogens (tertiary/aromatic N) is 3. The molecule has 0 saturated carbocycles. The largest absolute Gasteiger partial charge is 0.481 e. The summed E-state index contributed by atoms with van der Waals surface area (Å²) in [6, 6.07) is 3.13. The molecule has 0 atom stereocenters. The van der Waals surface area contributed by atoms with Crippen molar-refractivity contribution < 1.29 is 9.53 Å². The topological polar surface area (TPSA) is 69.0 Å². The van der Waals surface area contributed by atoms with Crippen LogP contribution in [-0.4, -0.2) is 27.8 Å². The quantitative estimate of drug-likeness (QED) is 0.919. The fourth-order valence-electron chi connectivity index (χ4n) is 1.41. The summed E-state index contributed by atoms with van der Waals surface area (Å²) in [6.07, 6.45) is 3.02. The average molecular weight is 267 g/mol. The third-order valence-corrected chi connectivity index (χ3v) is 2.62. The van der Waals surface area contributed by atoms with Crippen molar-refractivity contribution in [2.45, 2.75) is 0 Å². The SMILES string of the molecule is COc1cc(C(=O)Nc2cnccc2Cl)nn1C. The second-order valence-electron chi connectivity index (χ2n) is 3.51. The number of ether oxygens (including phenoxy) is 1. The Morgan fingerprint density at radius 2 is 2.33 bits per heavy atom. The number of carbonyl (C=O) groups excluding carboxylic acids is 1. The van der Waals surface area contributed by atoms with Gasteiger partial charge < -0.3 is 10.1 Å². The van der Waals surface area contributed by atoms with E-state index in [0.29, 0.717) is 16.6 Å². The Morgan fingerprint density at radius 3 is 2.94 bits per heavy atom. The number of pyridine rings is 1. The Bertz CT molecular complexity index is 582. The van der Waals surface area contributed by atoms with E-state index in [1.165, 1.54) is 18.0 Å². The number of hydrogen-bond acceptors (Lipinski definition) is 4. The average Bonchev–Trinajstić information content (AvgIpc) is 2.73. The Morgan fingerprint density at radius 1 is 1.56 bits per heavy atom. The molecule has 2 aromatic heterocycles. The minimum absolute atomic E-state index is 0.245. The molecular weight excluding hydrogens is 256 g/mol. The van der Waals surface area contributed by atoms with Gasteiger partial charge in [0.1, 0.15) is 0 Å². The molecule has 2 heterocycles. The fourth-order valence-corrected chi connectivity index (χ4v) is 1.56. The van der Waals surface area contributed by atoms with E-state index >= 15 is 0 Å². The highest BCUT2D eigenvalue weighted by Gasteiger charge is 2.14. The zero-order valence-electron chi connectivity index (χ0n) is 9.85. The second kappa shape index (κ2) is 5.05. The molecule has 0 aliphatic carbocycles. The highest BCUT2D eigenvalue weighted by Crippen LogP contribution is 2.20. The number of rotatable bonds is 3. The molecule has 6 nitrogen and oxygen atoms in total. The number of methoxy groups -OCH3 is 1. The fraction of sp³-hybridized carbons (Fsp3) is 0.182. The summed E-state index contributed by atoms with van der Waals surface area (Å²) >= 11 is 5.91. The van der Waals surface area contributed by atoms with Crippen LogP contribution in [0, 0.1) is 0 Å². The summed E-state index contributed by atoms with van der Waals surface area (Å²) in [5, 5.41) is 7.07. The van der Waals surface area contributed by atoms with E-state index in [9.17, 15) is 4.79 Å². The van der Waals surface area contributed by atoms with Crippen LogP contribution in [-0.2, 0) is 7.05 Å². The van der Waals surface area contributed by atoms with E-state index in [4.69, 9.17) is 16.3 Å². The van der Waals surface area contributed by atoms with Crippen LogP contribution in [0.4, 0.5) is 5.69 Å². The Hall–Kier alpha value is -2.08. The smallest absolute Gasteiger partial charge is 0.276 e. The zero-order chi connectivity index (χ0) is 13.1. The van der Waals surface area contributed by atoms with Gasteiger partial charge in [0.2, 0.25) is 5.88 Å². The van der Waals surface area contributed by atoms with Crippen molar-refractivity contribution in [2.24, 2.45) is 7.05 Å². The molecule has 1 N–H and O–H groups in total. The van der Waals surface area contributed by atoms with Crippen LogP contribution in [0.3, 0.4) is 0 Å². The molecule has 0 aliphatic rings. The summed E-state index contributed by atoms with van der Waals surface area (Å²) in [6.45, 7) is 0. The van der Waals surface area contributed by atoms with Gasteiger partial charge in [0.25, 0.3) is 5.91 Å². The maximum atomic E-state index is 11.9. The predicted octanol–water partition coefficient (Wildman–Crippen LogP) is 1.73. The standard InChI is InChI=1S/C11H11ClN4O2/c1-16-10(18-2)5-8(15-16)11(17)14-9-6-13-4-3-7(9)12/h3-6H,1-2H3,(H,14,17). The lowest BCUT2D eigenvalue weighted by atomic mass is 10.3. The summed E-state index contributed by atoms with van der Waals surface area (Å²) in [7, 11) is 3.20. The van der Waals surface area contributed by atoms with Gasteiger partial charge in [-0.1, -0.05) is 11.6 Å². The van der Waals surface area contributed by atoms with Crippen LogP contribution in [0.5, 0.6) is 5.88 Å². The maximum Gasteiger partial charge on any atom is 0.276 e. The molecule has 0 radical (unpaired) electrons. The number of anilines is 1. The molecule has 0 unspecified atom stereocenters. The lowest BCUT2D eigenvalue weighted by Gasteiger charge is -2.03. The number of aryl methyl sites for hydroxylation is 1. The minimum Gasteiger partial charge on any atom is -0.481 e. The molecule has 0 aliphatic heterocycles. The van der Waals surface area contributed by atoms with Crippen LogP contribution in [0.2, 0.25) is 5.02 Å². The molecule has 0 saturated heterocycles. The first-order valence-electron chi connectivity index (χ1n) is 5.10. The molecule has 0 aromatic carbocycles. The summed E-state index contributed by atoms with van der Waals surface area (Å²) in [5.41, 5.74) is 0.683. The van der Waals surface area contributed by atoms with Crippen LogP contribution in [0.25, 0.3) is 0 Å². The first kappa shape index (κ1) is 12.4. The van der Waals surface area contributed by atoms with Gasteiger partial charge in [-0.05, 0) is 6.07 Å². The third kappa shape index (κ3) is 2.43. The van der Waals surface area contributed by atoms with Crippen molar-refractivity contribution in [2.75, 3.05) is 12.4 Å². The lowest BCUT2D eigenvalue weighted by Crippen LogP contribution is -2.13. The highest BCUT2D eigenvalue weighted by molar-refractivity contribution is 6.33. The van der Waals surface area contributed by atoms with Crippen molar-refractivity contribution >= 4 is 23.2 Å². The van der Waals surface area contributed by atoms with Gasteiger partial charge in [-0.15, -0.1) is 0 Å². The van der Waals surface area contributed by atoms with Crippen LogP contribution in [0.1, 0.15) is 10.5 Å². The van der Waals surface area contributed by atoms with Gasteiger partial charge in [-0.25, -0.2) is 4.68 Å². The Balaban J connectivity index is 2.19. The number of hydrogen-bond donors (Lipinski definition) is 1. The van der Waals surface area contributed by atoms with E-state index in [1.807, 2.05) is 0 Å². The van der Waals surface area contributed by atoms with E-state index in [-0.39, 0.29) is 11.6 Å². The van der Waals surface area contributed by atoms with E-state index in [2.05, 4.69) is 15.4 Å². The normalized spacial score (nSPS) is 10.2. The van der Waals surface area contributed by atoms with Gasteiger partial charge in [0, 0.05) is 19.3 Å². The molecule has 94 valence electrons. The lowest BCUT2D eigenvalue weighted by molar-refractivity contribution is 0.102. The van der Waals surface area contributed by atoms with Crippen molar-refractivity contribution in [3.63, 3.8) is 0 Å². The predicted molar refractivity (Wildman–Crippen MR) is 67.0 cm³/mol. The highest BCUT2D eigenvalue weighted by atomic mass is 35.5. The minimum atomic E-state index is -0.371. The number of halogens is 1. The molecule has 0 fully saturated rings. The van der Waals surface area contributed by atoms with Crippen molar-refractivity contribution in [3.8, 4) is 5.88 Å². The van der Waals surface area contributed by atoms with Gasteiger partial charge in [0.05, 0.1) is 24.0 Å². The summed E-state index contributed by atoms with van der Waals surface area (Å²) in [4.78, 5) is 15.8. The van der Waals surface area contributed by atoms with Crippen molar-refractivity contribution in [1.82, 2.24) is 14.8 Å². The Labute approximate surface area is 109 Å². The number of carbonyl (C=O) groups is 1. The monoisotopic (exact) mass is 266 g/mol. The number of nitrogens with one attached hydrogen (secondary N) is 1. The summed E-state index contributed by atoms with van der Waals surface area (Å²) in [5.74, 6) is 0.126. The molecule has 7 heteroatoms. The van der Waals surface area contributed by atoms with Gasteiger partial charge in [-0.2, -0.15) is 5.10 Å². The van der Waals surface area contributed by atoms with E-state index in [1.54, 1.807) is 25.4 Å². The molecule has 0 bridgehead atoms. The van der Waals surface area contributed by atoms with Crippen LogP contribution >= 0.6 is 11.6 Å². The van der Waals surface area contributed by atoms with Gasteiger partial charge >= 0.3 is 0 Å². The van der Waals surface area contributed by atoms with Crippen LogP contribution < -0.4 is 10.1 Å². The van der Waals surface area contributed by atoms with E-state index in [0.717, 1.165) is 0 Å².